The van der Waals surface area contributed by atoms with E-state index in [9.17, 15) is 9.18 Å². The molecular weight excluding hydrogens is 323 g/mol. The molecule has 2 aromatic rings. The number of carbonyl (C=O) groups is 1. The van der Waals surface area contributed by atoms with Crippen LogP contribution in [-0.2, 0) is 16.1 Å². The summed E-state index contributed by atoms with van der Waals surface area (Å²) in [5.41, 5.74) is 1.35. The zero-order valence-electron chi connectivity index (χ0n) is 14.6. The Balaban J connectivity index is 1.49. The van der Waals surface area contributed by atoms with Crippen LogP contribution in [0.25, 0.3) is 11.3 Å². The Labute approximate surface area is 146 Å². The predicted molar refractivity (Wildman–Crippen MR) is 91.1 cm³/mol. The summed E-state index contributed by atoms with van der Waals surface area (Å²) >= 11 is 0. The molecule has 2 atom stereocenters. The number of benzene rings is 1. The lowest BCUT2D eigenvalue weighted by atomic mass is 9.92. The number of amides is 1. The Kier molecular flexibility index (Phi) is 5.48. The predicted octanol–water partition coefficient (Wildman–Crippen LogP) is 3.50. The second-order valence-corrected chi connectivity index (χ2v) is 6.93. The molecule has 1 aliphatic rings. The minimum Gasteiger partial charge on any atom is -0.365 e. The molecule has 0 spiro atoms. The van der Waals surface area contributed by atoms with Gasteiger partial charge in [0.25, 0.3) is 0 Å². The fourth-order valence-corrected chi connectivity index (χ4v) is 3.33. The van der Waals surface area contributed by atoms with Gasteiger partial charge in [0.15, 0.2) is 5.76 Å². The van der Waals surface area contributed by atoms with Crippen molar-refractivity contribution in [1.29, 1.82) is 0 Å². The van der Waals surface area contributed by atoms with E-state index in [-0.39, 0.29) is 24.9 Å². The number of likely N-dealkylation sites (tertiary alicyclic amines) is 1. The van der Waals surface area contributed by atoms with Crippen LogP contribution < -0.4 is 0 Å². The summed E-state index contributed by atoms with van der Waals surface area (Å²) in [7, 11) is 0. The summed E-state index contributed by atoms with van der Waals surface area (Å²) in [6.45, 7) is 6.18. The van der Waals surface area contributed by atoms with Gasteiger partial charge in [0.1, 0.15) is 18.1 Å². The molecule has 1 aliphatic heterocycles. The lowest BCUT2D eigenvalue weighted by molar-refractivity contribution is -0.139. The van der Waals surface area contributed by atoms with E-state index < -0.39 is 0 Å². The molecule has 5 nitrogen and oxygen atoms in total. The fourth-order valence-electron chi connectivity index (χ4n) is 3.33. The van der Waals surface area contributed by atoms with Gasteiger partial charge in [-0.25, -0.2) is 4.39 Å². The summed E-state index contributed by atoms with van der Waals surface area (Å²) in [5.74, 6) is 1.32. The van der Waals surface area contributed by atoms with Crippen molar-refractivity contribution in [2.45, 2.75) is 26.9 Å². The molecule has 0 saturated carbocycles. The van der Waals surface area contributed by atoms with Crippen molar-refractivity contribution in [2.24, 2.45) is 11.8 Å². The molecule has 1 amide bonds. The van der Waals surface area contributed by atoms with E-state index in [0.29, 0.717) is 23.3 Å². The third-order valence-corrected chi connectivity index (χ3v) is 4.38. The van der Waals surface area contributed by atoms with Crippen molar-refractivity contribution in [3.8, 4) is 11.3 Å². The quantitative estimate of drug-likeness (QED) is 0.831. The summed E-state index contributed by atoms with van der Waals surface area (Å²) in [4.78, 5) is 14.1. The largest absolute Gasteiger partial charge is 0.365 e. The Morgan fingerprint density at radius 3 is 2.64 bits per heavy atom. The highest BCUT2D eigenvalue weighted by atomic mass is 19.1. The highest BCUT2D eigenvalue weighted by molar-refractivity contribution is 5.77. The van der Waals surface area contributed by atoms with Gasteiger partial charge >= 0.3 is 0 Å². The number of rotatable bonds is 5. The van der Waals surface area contributed by atoms with E-state index in [1.807, 2.05) is 4.90 Å². The zero-order valence-corrected chi connectivity index (χ0v) is 14.6. The van der Waals surface area contributed by atoms with Crippen LogP contribution in [0.15, 0.2) is 34.9 Å². The highest BCUT2D eigenvalue weighted by Gasteiger charge is 2.25. The number of aromatic nitrogens is 1. The van der Waals surface area contributed by atoms with Gasteiger partial charge in [-0.3, -0.25) is 4.79 Å². The molecule has 0 radical (unpaired) electrons. The molecule has 6 heteroatoms. The van der Waals surface area contributed by atoms with E-state index >= 15 is 0 Å². The maximum atomic E-state index is 12.9. The first-order valence-electron chi connectivity index (χ1n) is 8.58. The number of halogens is 1. The number of nitrogens with zero attached hydrogens (tertiary/aromatic N) is 2. The van der Waals surface area contributed by atoms with Crippen LogP contribution in [0.4, 0.5) is 4.39 Å². The Morgan fingerprint density at radius 1 is 1.28 bits per heavy atom. The van der Waals surface area contributed by atoms with Crippen molar-refractivity contribution in [3.05, 3.63) is 41.8 Å². The molecule has 0 N–H and O–H groups in total. The van der Waals surface area contributed by atoms with Gasteiger partial charge in [-0.2, -0.15) is 0 Å². The third kappa shape index (κ3) is 4.66. The molecule has 0 aliphatic carbocycles. The van der Waals surface area contributed by atoms with Crippen molar-refractivity contribution in [3.63, 3.8) is 0 Å². The van der Waals surface area contributed by atoms with Gasteiger partial charge in [-0.15, -0.1) is 0 Å². The smallest absolute Gasteiger partial charge is 0.248 e. The third-order valence-electron chi connectivity index (χ3n) is 4.38. The molecule has 1 aromatic heterocycles. The van der Waals surface area contributed by atoms with Gasteiger partial charge in [-0.05, 0) is 42.5 Å². The summed E-state index contributed by atoms with van der Waals surface area (Å²) in [6, 6.07) is 7.73. The van der Waals surface area contributed by atoms with Crippen LogP contribution in [0.5, 0.6) is 0 Å². The minimum atomic E-state index is -0.299. The molecule has 0 unspecified atom stereocenters. The first-order valence-corrected chi connectivity index (χ1v) is 8.58. The molecule has 1 saturated heterocycles. The highest BCUT2D eigenvalue weighted by Crippen LogP contribution is 2.22. The minimum absolute atomic E-state index is 0.0145. The number of ether oxygens (including phenoxy) is 1. The number of carbonyl (C=O) groups excluding carboxylic acids is 1. The molecule has 1 aromatic carbocycles. The Morgan fingerprint density at radius 2 is 1.96 bits per heavy atom. The number of piperidine rings is 1. The van der Waals surface area contributed by atoms with E-state index in [4.69, 9.17) is 9.26 Å². The van der Waals surface area contributed by atoms with Crippen LogP contribution >= 0.6 is 0 Å². The van der Waals surface area contributed by atoms with Crippen molar-refractivity contribution < 1.29 is 18.4 Å². The summed E-state index contributed by atoms with van der Waals surface area (Å²) in [5, 5.41) is 3.93. The lowest BCUT2D eigenvalue weighted by Crippen LogP contribution is -2.44. The Bertz CT molecular complexity index is 704. The van der Waals surface area contributed by atoms with Gasteiger partial charge < -0.3 is 14.2 Å². The average Bonchev–Trinajstić information content (AvgIpc) is 3.03. The van der Waals surface area contributed by atoms with Gasteiger partial charge in [0, 0.05) is 24.7 Å². The van der Waals surface area contributed by atoms with E-state index in [1.165, 1.54) is 12.1 Å². The topological polar surface area (TPSA) is 55.6 Å². The second-order valence-electron chi connectivity index (χ2n) is 6.93. The normalized spacial score (nSPS) is 20.7. The molecular formula is C19H23FN2O3. The van der Waals surface area contributed by atoms with E-state index in [1.54, 1.807) is 18.2 Å². The van der Waals surface area contributed by atoms with E-state index in [0.717, 1.165) is 25.1 Å². The molecule has 0 bridgehead atoms. The van der Waals surface area contributed by atoms with Crippen LogP contribution in [0.3, 0.4) is 0 Å². The zero-order chi connectivity index (χ0) is 17.8. The lowest BCUT2D eigenvalue weighted by Gasteiger charge is -2.34. The second kappa shape index (κ2) is 7.78. The van der Waals surface area contributed by atoms with Crippen molar-refractivity contribution in [2.75, 3.05) is 19.7 Å². The van der Waals surface area contributed by atoms with Crippen LogP contribution in [0.1, 0.15) is 26.0 Å². The van der Waals surface area contributed by atoms with E-state index in [2.05, 4.69) is 19.0 Å². The molecule has 134 valence electrons. The van der Waals surface area contributed by atoms with Crippen molar-refractivity contribution >= 4 is 5.91 Å². The first-order chi connectivity index (χ1) is 12.0. The Hall–Kier alpha value is -2.21. The molecule has 3 rings (SSSR count). The molecule has 25 heavy (non-hydrogen) atoms. The van der Waals surface area contributed by atoms with Crippen LogP contribution in [0.2, 0.25) is 0 Å². The number of hydrogen-bond donors (Lipinski definition) is 0. The van der Waals surface area contributed by atoms with Gasteiger partial charge in [-0.1, -0.05) is 19.0 Å². The average molecular weight is 346 g/mol. The van der Waals surface area contributed by atoms with Crippen LogP contribution in [-0.4, -0.2) is 35.7 Å². The summed E-state index contributed by atoms with van der Waals surface area (Å²) in [6.07, 6.45) is 1.16. The fraction of sp³-hybridized carbons (Fsp3) is 0.474. The maximum absolute atomic E-state index is 12.9. The standard InChI is InChI=1S/C19H23FN2O3/c1-13-7-14(2)10-22(9-13)19(23)12-24-11-17-8-18(25-21-17)15-3-5-16(20)6-4-15/h3-6,8,13-14H,7,9-12H2,1-2H3/t13-,14+. The monoisotopic (exact) mass is 346 g/mol. The summed E-state index contributed by atoms with van der Waals surface area (Å²) < 4.78 is 23.7. The SMILES string of the molecule is C[C@@H]1C[C@H](C)CN(C(=O)COCc2cc(-c3ccc(F)cc3)on2)C1. The van der Waals surface area contributed by atoms with Crippen LogP contribution in [0, 0.1) is 17.7 Å². The first kappa shape index (κ1) is 17.6. The van der Waals surface area contributed by atoms with Gasteiger partial charge in [0.2, 0.25) is 5.91 Å². The molecule has 2 heterocycles. The van der Waals surface area contributed by atoms with Gasteiger partial charge in [0.05, 0.1) is 6.61 Å². The maximum Gasteiger partial charge on any atom is 0.248 e. The molecule has 1 fully saturated rings. The van der Waals surface area contributed by atoms with Crippen molar-refractivity contribution in [1.82, 2.24) is 10.1 Å². The number of hydrogen-bond acceptors (Lipinski definition) is 4.